The molecule has 3 nitrogen and oxygen atoms in total. The predicted octanol–water partition coefficient (Wildman–Crippen LogP) is 4.25. The molecule has 0 aliphatic carbocycles. The van der Waals surface area contributed by atoms with E-state index in [0.717, 1.165) is 30.6 Å². The number of aryl methyl sites for hydroxylation is 1. The van der Waals surface area contributed by atoms with Crippen molar-refractivity contribution in [1.29, 1.82) is 0 Å². The molecule has 1 aromatic heterocycles. The fourth-order valence-corrected chi connectivity index (χ4v) is 2.85. The average Bonchev–Trinajstić information content (AvgIpc) is 3.10. The SMILES string of the molecule is Fc1ccc(CN(CCCn2ccnc2)Cc2cccc(F)c2)cc1. The molecule has 0 aliphatic rings. The molecule has 0 radical (unpaired) electrons. The molecule has 0 saturated carbocycles. The molecule has 5 heteroatoms. The maximum atomic E-state index is 13.5. The summed E-state index contributed by atoms with van der Waals surface area (Å²) in [7, 11) is 0. The van der Waals surface area contributed by atoms with E-state index in [2.05, 4.69) is 9.88 Å². The number of aromatic nitrogens is 2. The molecular formula is C20H21F2N3. The van der Waals surface area contributed by atoms with Crippen LogP contribution in [0.15, 0.2) is 67.3 Å². The predicted molar refractivity (Wildman–Crippen MR) is 93.8 cm³/mol. The third kappa shape index (κ3) is 5.50. The highest BCUT2D eigenvalue weighted by Gasteiger charge is 2.08. The average molecular weight is 341 g/mol. The van der Waals surface area contributed by atoms with Crippen LogP contribution in [0.5, 0.6) is 0 Å². The van der Waals surface area contributed by atoms with Gasteiger partial charge in [0.05, 0.1) is 6.33 Å². The Morgan fingerprint density at radius 3 is 2.44 bits per heavy atom. The summed E-state index contributed by atoms with van der Waals surface area (Å²) in [5.41, 5.74) is 1.98. The molecule has 0 unspecified atom stereocenters. The van der Waals surface area contributed by atoms with Gasteiger partial charge in [-0.2, -0.15) is 0 Å². The summed E-state index contributed by atoms with van der Waals surface area (Å²) >= 11 is 0. The van der Waals surface area contributed by atoms with E-state index in [1.54, 1.807) is 36.8 Å². The van der Waals surface area contributed by atoms with Gasteiger partial charge in [-0.15, -0.1) is 0 Å². The Bertz CT molecular complexity index is 770. The molecule has 25 heavy (non-hydrogen) atoms. The molecule has 3 rings (SSSR count). The van der Waals surface area contributed by atoms with Gasteiger partial charge in [0, 0.05) is 38.6 Å². The van der Waals surface area contributed by atoms with Crippen LogP contribution in [0, 0.1) is 11.6 Å². The second kappa shape index (κ2) is 8.53. The van der Waals surface area contributed by atoms with E-state index < -0.39 is 0 Å². The first kappa shape index (κ1) is 17.3. The highest BCUT2D eigenvalue weighted by atomic mass is 19.1. The zero-order valence-electron chi connectivity index (χ0n) is 14.0. The fraction of sp³-hybridized carbons (Fsp3) is 0.250. The number of halogens is 2. The molecule has 0 fully saturated rings. The maximum Gasteiger partial charge on any atom is 0.123 e. The molecule has 3 aromatic rings. The molecule has 0 atom stereocenters. The summed E-state index contributed by atoms with van der Waals surface area (Å²) in [5.74, 6) is -0.460. The minimum Gasteiger partial charge on any atom is -0.337 e. The topological polar surface area (TPSA) is 21.1 Å². The quantitative estimate of drug-likeness (QED) is 0.611. The lowest BCUT2D eigenvalue weighted by atomic mass is 10.1. The van der Waals surface area contributed by atoms with Crippen LogP contribution in [0.4, 0.5) is 8.78 Å². The number of nitrogens with zero attached hydrogens (tertiary/aromatic N) is 3. The lowest BCUT2D eigenvalue weighted by molar-refractivity contribution is 0.248. The molecular weight excluding hydrogens is 320 g/mol. The van der Waals surface area contributed by atoms with E-state index in [-0.39, 0.29) is 11.6 Å². The first-order valence-corrected chi connectivity index (χ1v) is 8.36. The van der Waals surface area contributed by atoms with E-state index in [0.29, 0.717) is 13.1 Å². The van der Waals surface area contributed by atoms with Gasteiger partial charge < -0.3 is 4.57 Å². The van der Waals surface area contributed by atoms with Crippen LogP contribution in [-0.4, -0.2) is 21.0 Å². The molecule has 0 aliphatic heterocycles. The third-order valence-corrected chi connectivity index (χ3v) is 4.06. The lowest BCUT2D eigenvalue weighted by Crippen LogP contribution is -2.25. The minimum atomic E-state index is -0.236. The van der Waals surface area contributed by atoms with Crippen molar-refractivity contribution < 1.29 is 8.78 Å². The highest BCUT2D eigenvalue weighted by molar-refractivity contribution is 5.18. The zero-order chi connectivity index (χ0) is 17.5. The number of imidazole rings is 1. The van der Waals surface area contributed by atoms with E-state index in [1.807, 2.05) is 16.8 Å². The summed E-state index contributed by atoms with van der Waals surface area (Å²) in [5, 5.41) is 0. The highest BCUT2D eigenvalue weighted by Crippen LogP contribution is 2.13. The number of rotatable bonds is 8. The number of hydrogen-bond donors (Lipinski definition) is 0. The minimum absolute atomic E-state index is 0.224. The standard InChI is InChI=1S/C20H21F2N3/c21-19-7-5-17(6-8-19)14-25(11-2-10-24-12-9-23-16-24)15-18-3-1-4-20(22)13-18/h1,3-9,12-13,16H,2,10-11,14-15H2. The van der Waals surface area contributed by atoms with Crippen LogP contribution < -0.4 is 0 Å². The molecule has 0 N–H and O–H groups in total. The van der Waals surface area contributed by atoms with Crippen molar-refractivity contribution >= 4 is 0 Å². The van der Waals surface area contributed by atoms with Crippen molar-refractivity contribution in [2.75, 3.05) is 6.54 Å². The normalized spacial score (nSPS) is 11.2. The van der Waals surface area contributed by atoms with Crippen molar-refractivity contribution in [3.63, 3.8) is 0 Å². The smallest absolute Gasteiger partial charge is 0.123 e. The Balaban J connectivity index is 1.64. The lowest BCUT2D eigenvalue weighted by Gasteiger charge is -2.23. The Morgan fingerprint density at radius 1 is 0.920 bits per heavy atom. The second-order valence-electron chi connectivity index (χ2n) is 6.12. The molecule has 0 spiro atoms. The van der Waals surface area contributed by atoms with Gasteiger partial charge in [0.2, 0.25) is 0 Å². The zero-order valence-corrected chi connectivity index (χ0v) is 14.0. The van der Waals surface area contributed by atoms with Crippen LogP contribution in [0.1, 0.15) is 17.5 Å². The van der Waals surface area contributed by atoms with Crippen LogP contribution in [0.25, 0.3) is 0 Å². The van der Waals surface area contributed by atoms with Gasteiger partial charge in [-0.25, -0.2) is 13.8 Å². The van der Waals surface area contributed by atoms with Gasteiger partial charge >= 0.3 is 0 Å². The van der Waals surface area contributed by atoms with Gasteiger partial charge in [0.1, 0.15) is 11.6 Å². The summed E-state index contributed by atoms with van der Waals surface area (Å²) in [6, 6.07) is 13.2. The van der Waals surface area contributed by atoms with E-state index >= 15 is 0 Å². The van der Waals surface area contributed by atoms with Crippen molar-refractivity contribution in [1.82, 2.24) is 14.5 Å². The Hall–Kier alpha value is -2.53. The van der Waals surface area contributed by atoms with Gasteiger partial charge in [-0.05, 0) is 41.8 Å². The molecule has 1 heterocycles. The first-order chi connectivity index (χ1) is 12.2. The Morgan fingerprint density at radius 2 is 1.72 bits per heavy atom. The Labute approximate surface area is 146 Å². The second-order valence-corrected chi connectivity index (χ2v) is 6.12. The fourth-order valence-electron chi connectivity index (χ4n) is 2.85. The van der Waals surface area contributed by atoms with Crippen molar-refractivity contribution in [3.8, 4) is 0 Å². The van der Waals surface area contributed by atoms with Crippen LogP contribution in [0.3, 0.4) is 0 Å². The van der Waals surface area contributed by atoms with Crippen molar-refractivity contribution in [3.05, 3.63) is 90.0 Å². The van der Waals surface area contributed by atoms with Gasteiger partial charge in [-0.1, -0.05) is 24.3 Å². The molecule has 0 amide bonds. The summed E-state index contributed by atoms with van der Waals surface area (Å²) < 4.78 is 28.6. The summed E-state index contributed by atoms with van der Waals surface area (Å²) in [4.78, 5) is 6.29. The number of benzene rings is 2. The van der Waals surface area contributed by atoms with E-state index in [9.17, 15) is 8.78 Å². The van der Waals surface area contributed by atoms with Gasteiger partial charge in [0.25, 0.3) is 0 Å². The maximum absolute atomic E-state index is 13.5. The molecule has 130 valence electrons. The van der Waals surface area contributed by atoms with Crippen LogP contribution in [0.2, 0.25) is 0 Å². The first-order valence-electron chi connectivity index (χ1n) is 8.36. The van der Waals surface area contributed by atoms with Crippen molar-refractivity contribution in [2.45, 2.75) is 26.1 Å². The largest absolute Gasteiger partial charge is 0.337 e. The van der Waals surface area contributed by atoms with Crippen LogP contribution in [-0.2, 0) is 19.6 Å². The Kier molecular flexibility index (Phi) is 5.90. The monoisotopic (exact) mass is 341 g/mol. The van der Waals surface area contributed by atoms with E-state index in [1.165, 1.54) is 18.2 Å². The van der Waals surface area contributed by atoms with Gasteiger partial charge in [0.15, 0.2) is 0 Å². The molecule has 2 aromatic carbocycles. The van der Waals surface area contributed by atoms with E-state index in [4.69, 9.17) is 0 Å². The van der Waals surface area contributed by atoms with Gasteiger partial charge in [-0.3, -0.25) is 4.90 Å². The molecule has 0 bridgehead atoms. The number of hydrogen-bond acceptors (Lipinski definition) is 2. The summed E-state index contributed by atoms with van der Waals surface area (Å²) in [6.45, 7) is 3.08. The van der Waals surface area contributed by atoms with Crippen LogP contribution >= 0.6 is 0 Å². The molecule has 0 saturated heterocycles. The van der Waals surface area contributed by atoms with Crippen molar-refractivity contribution in [2.24, 2.45) is 0 Å². The summed E-state index contributed by atoms with van der Waals surface area (Å²) in [6.07, 6.45) is 6.46. The third-order valence-electron chi connectivity index (χ3n) is 4.06.